The molecule has 0 amide bonds. The summed E-state index contributed by atoms with van der Waals surface area (Å²) in [4.78, 5) is 4.64. The standard InChI is InChI=1S/C18H29N3O2/c1-5-19-17(20-11-8-12-22-4)21-15-13-18(2,3)23-16-10-7-6-9-14(15)16/h6-7,9-10,15H,5,8,11-13H2,1-4H3,(H2,19,20,21). The van der Waals surface area contributed by atoms with Crippen molar-refractivity contribution in [2.75, 3.05) is 26.8 Å². The van der Waals surface area contributed by atoms with E-state index in [-0.39, 0.29) is 11.6 Å². The molecule has 1 aliphatic rings. The van der Waals surface area contributed by atoms with Gasteiger partial charge in [-0.05, 0) is 33.3 Å². The number of para-hydroxylation sites is 1. The molecule has 0 aliphatic carbocycles. The lowest BCUT2D eigenvalue weighted by Gasteiger charge is -2.38. The van der Waals surface area contributed by atoms with Gasteiger partial charge in [0, 0.05) is 38.8 Å². The molecule has 1 heterocycles. The molecule has 0 saturated heterocycles. The van der Waals surface area contributed by atoms with Crippen LogP contribution in [0.15, 0.2) is 29.3 Å². The Morgan fingerprint density at radius 1 is 1.39 bits per heavy atom. The van der Waals surface area contributed by atoms with Gasteiger partial charge in [0.2, 0.25) is 0 Å². The summed E-state index contributed by atoms with van der Waals surface area (Å²) in [6.07, 6.45) is 1.81. The first-order valence-electron chi connectivity index (χ1n) is 8.37. The van der Waals surface area contributed by atoms with Crippen LogP contribution in [0.3, 0.4) is 0 Å². The lowest BCUT2D eigenvalue weighted by molar-refractivity contribution is 0.0694. The van der Waals surface area contributed by atoms with E-state index in [1.807, 2.05) is 12.1 Å². The largest absolute Gasteiger partial charge is 0.487 e. The molecule has 1 unspecified atom stereocenters. The van der Waals surface area contributed by atoms with Gasteiger partial charge in [-0.1, -0.05) is 18.2 Å². The average molecular weight is 319 g/mol. The van der Waals surface area contributed by atoms with Crippen LogP contribution in [-0.4, -0.2) is 38.4 Å². The molecule has 0 radical (unpaired) electrons. The first-order valence-corrected chi connectivity index (χ1v) is 8.37. The maximum absolute atomic E-state index is 6.09. The third-order valence-corrected chi connectivity index (χ3v) is 3.81. The van der Waals surface area contributed by atoms with Crippen molar-refractivity contribution < 1.29 is 9.47 Å². The van der Waals surface area contributed by atoms with Gasteiger partial charge in [0.1, 0.15) is 11.4 Å². The Bertz CT molecular complexity index is 529. The summed E-state index contributed by atoms with van der Waals surface area (Å²) in [5, 5.41) is 6.89. The number of ether oxygens (including phenoxy) is 2. The summed E-state index contributed by atoms with van der Waals surface area (Å²) >= 11 is 0. The van der Waals surface area contributed by atoms with Crippen molar-refractivity contribution in [1.29, 1.82) is 0 Å². The number of guanidine groups is 1. The van der Waals surface area contributed by atoms with E-state index in [2.05, 4.69) is 48.5 Å². The molecule has 1 aromatic rings. The number of hydrogen-bond acceptors (Lipinski definition) is 3. The predicted octanol–water partition coefficient (Wildman–Crippen LogP) is 2.88. The van der Waals surface area contributed by atoms with Gasteiger partial charge in [-0.15, -0.1) is 0 Å². The molecule has 5 nitrogen and oxygen atoms in total. The lowest BCUT2D eigenvalue weighted by atomic mass is 9.90. The SMILES string of the molecule is CCNC(=NCCCOC)NC1CC(C)(C)Oc2ccccc21. The summed E-state index contributed by atoms with van der Waals surface area (Å²) in [5.74, 6) is 1.80. The van der Waals surface area contributed by atoms with Gasteiger partial charge < -0.3 is 20.1 Å². The Balaban J connectivity index is 2.12. The fourth-order valence-corrected chi connectivity index (χ4v) is 2.82. The second-order valence-corrected chi connectivity index (χ2v) is 6.41. The molecule has 0 saturated carbocycles. The van der Waals surface area contributed by atoms with E-state index in [1.165, 1.54) is 5.56 Å². The molecule has 0 bridgehead atoms. The number of aliphatic imine (C=N–C) groups is 1. The third kappa shape index (κ3) is 5.13. The molecule has 0 aromatic heterocycles. The Morgan fingerprint density at radius 3 is 2.91 bits per heavy atom. The number of hydrogen-bond donors (Lipinski definition) is 2. The van der Waals surface area contributed by atoms with E-state index in [4.69, 9.17) is 9.47 Å². The molecular weight excluding hydrogens is 290 g/mol. The Labute approximate surface area is 139 Å². The zero-order chi connectivity index (χ0) is 16.7. The highest BCUT2D eigenvalue weighted by Gasteiger charge is 2.33. The quantitative estimate of drug-likeness (QED) is 0.481. The smallest absolute Gasteiger partial charge is 0.191 e. The highest BCUT2D eigenvalue weighted by atomic mass is 16.5. The molecule has 1 aliphatic heterocycles. The Kier molecular flexibility index (Phi) is 6.28. The molecular formula is C18H29N3O2. The Morgan fingerprint density at radius 2 is 2.17 bits per heavy atom. The van der Waals surface area contributed by atoms with Crippen LogP contribution in [-0.2, 0) is 4.74 Å². The number of methoxy groups -OCH3 is 1. The van der Waals surface area contributed by atoms with E-state index in [0.717, 1.165) is 44.2 Å². The molecule has 128 valence electrons. The minimum Gasteiger partial charge on any atom is -0.487 e. The van der Waals surface area contributed by atoms with E-state index in [1.54, 1.807) is 7.11 Å². The van der Waals surface area contributed by atoms with Crippen molar-refractivity contribution in [2.24, 2.45) is 4.99 Å². The molecule has 1 aromatic carbocycles. The highest BCUT2D eigenvalue weighted by Crippen LogP contribution is 2.39. The van der Waals surface area contributed by atoms with E-state index >= 15 is 0 Å². The molecule has 0 fully saturated rings. The fourth-order valence-electron chi connectivity index (χ4n) is 2.82. The van der Waals surface area contributed by atoms with Crippen LogP contribution in [0.5, 0.6) is 5.75 Å². The van der Waals surface area contributed by atoms with Crippen molar-refractivity contribution in [3.63, 3.8) is 0 Å². The summed E-state index contributed by atoms with van der Waals surface area (Å²) in [7, 11) is 1.72. The van der Waals surface area contributed by atoms with Gasteiger partial charge in [0.05, 0.1) is 6.04 Å². The number of nitrogens with one attached hydrogen (secondary N) is 2. The summed E-state index contributed by atoms with van der Waals surface area (Å²) in [6.45, 7) is 8.65. The zero-order valence-electron chi connectivity index (χ0n) is 14.7. The van der Waals surface area contributed by atoms with Gasteiger partial charge in [-0.25, -0.2) is 0 Å². The summed E-state index contributed by atoms with van der Waals surface area (Å²) in [5.41, 5.74) is 0.994. The minimum atomic E-state index is -0.195. The van der Waals surface area contributed by atoms with Crippen LogP contribution in [0.25, 0.3) is 0 Å². The van der Waals surface area contributed by atoms with Gasteiger partial charge in [0.25, 0.3) is 0 Å². The first kappa shape index (κ1) is 17.6. The third-order valence-electron chi connectivity index (χ3n) is 3.81. The van der Waals surface area contributed by atoms with Crippen molar-refractivity contribution in [2.45, 2.75) is 45.3 Å². The van der Waals surface area contributed by atoms with Crippen LogP contribution >= 0.6 is 0 Å². The first-order chi connectivity index (χ1) is 11.1. The van der Waals surface area contributed by atoms with Crippen LogP contribution in [0.4, 0.5) is 0 Å². The second-order valence-electron chi connectivity index (χ2n) is 6.41. The summed E-state index contributed by atoms with van der Waals surface area (Å²) in [6, 6.07) is 8.42. The maximum Gasteiger partial charge on any atom is 0.191 e. The number of nitrogens with zero attached hydrogens (tertiary/aromatic N) is 1. The molecule has 2 N–H and O–H groups in total. The summed E-state index contributed by atoms with van der Waals surface area (Å²) < 4.78 is 11.2. The maximum atomic E-state index is 6.09. The van der Waals surface area contributed by atoms with Crippen LogP contribution < -0.4 is 15.4 Å². The molecule has 23 heavy (non-hydrogen) atoms. The van der Waals surface area contributed by atoms with Gasteiger partial charge in [-0.2, -0.15) is 0 Å². The Hall–Kier alpha value is -1.75. The van der Waals surface area contributed by atoms with Gasteiger partial charge in [-0.3, -0.25) is 4.99 Å². The second kappa shape index (κ2) is 8.20. The van der Waals surface area contributed by atoms with Crippen molar-refractivity contribution in [3.05, 3.63) is 29.8 Å². The normalized spacial score (nSPS) is 19.7. The molecule has 2 rings (SSSR count). The van der Waals surface area contributed by atoms with E-state index in [0.29, 0.717) is 0 Å². The van der Waals surface area contributed by atoms with Crippen molar-refractivity contribution in [3.8, 4) is 5.75 Å². The molecule has 0 spiro atoms. The van der Waals surface area contributed by atoms with E-state index in [9.17, 15) is 0 Å². The van der Waals surface area contributed by atoms with E-state index < -0.39 is 0 Å². The van der Waals surface area contributed by atoms with Crippen LogP contribution in [0, 0.1) is 0 Å². The van der Waals surface area contributed by atoms with Gasteiger partial charge >= 0.3 is 0 Å². The topological polar surface area (TPSA) is 54.9 Å². The van der Waals surface area contributed by atoms with Crippen molar-refractivity contribution in [1.82, 2.24) is 10.6 Å². The predicted molar refractivity (Wildman–Crippen MR) is 94.1 cm³/mol. The molecule has 1 atom stereocenters. The number of fused-ring (bicyclic) bond motifs is 1. The monoisotopic (exact) mass is 319 g/mol. The minimum absolute atomic E-state index is 0.190. The highest BCUT2D eigenvalue weighted by molar-refractivity contribution is 5.80. The van der Waals surface area contributed by atoms with Crippen LogP contribution in [0.2, 0.25) is 0 Å². The number of benzene rings is 1. The van der Waals surface area contributed by atoms with Crippen molar-refractivity contribution >= 4 is 5.96 Å². The van der Waals surface area contributed by atoms with Gasteiger partial charge in [0.15, 0.2) is 5.96 Å². The zero-order valence-corrected chi connectivity index (χ0v) is 14.7. The number of rotatable bonds is 6. The fraction of sp³-hybridized carbons (Fsp3) is 0.611. The lowest BCUT2D eigenvalue weighted by Crippen LogP contribution is -2.45. The van der Waals surface area contributed by atoms with Crippen LogP contribution in [0.1, 0.15) is 45.2 Å². The molecule has 5 heteroatoms. The average Bonchev–Trinajstić information content (AvgIpc) is 2.50.